The monoisotopic (exact) mass is 213 g/mol. The van der Waals surface area contributed by atoms with Gasteiger partial charge < -0.3 is 10.1 Å². The Bertz CT molecular complexity index is 147. The largest absolute Gasteiger partial charge is 0.411 e. The van der Waals surface area contributed by atoms with E-state index in [4.69, 9.17) is 0 Å². The average Bonchev–Trinajstić information content (AvgIpc) is 2.01. The van der Waals surface area contributed by atoms with Crippen molar-refractivity contribution in [3.8, 4) is 0 Å². The fourth-order valence-electron chi connectivity index (χ4n) is 0.782. The van der Waals surface area contributed by atoms with Gasteiger partial charge in [-0.15, -0.1) is 0 Å². The number of halogens is 3. The lowest BCUT2D eigenvalue weighted by molar-refractivity contribution is -0.173. The maximum atomic E-state index is 11.6. The van der Waals surface area contributed by atoms with E-state index in [-0.39, 0.29) is 6.61 Å². The van der Waals surface area contributed by atoms with Crippen molar-refractivity contribution in [2.24, 2.45) is 5.92 Å². The molecule has 0 spiro atoms. The number of rotatable bonds is 6. The highest BCUT2D eigenvalue weighted by atomic mass is 19.4. The molecule has 1 unspecified atom stereocenters. The van der Waals surface area contributed by atoms with Gasteiger partial charge in [0.1, 0.15) is 6.61 Å². The maximum absolute atomic E-state index is 11.6. The zero-order chi connectivity index (χ0) is 11.2. The molecule has 0 saturated carbocycles. The van der Waals surface area contributed by atoms with Crippen molar-refractivity contribution < 1.29 is 17.9 Å². The molecule has 0 fully saturated rings. The highest BCUT2D eigenvalue weighted by Gasteiger charge is 2.27. The van der Waals surface area contributed by atoms with E-state index in [1.54, 1.807) is 0 Å². The lowest BCUT2D eigenvalue weighted by Crippen LogP contribution is -2.34. The molecule has 86 valence electrons. The molecule has 5 heteroatoms. The van der Waals surface area contributed by atoms with E-state index in [2.05, 4.69) is 10.1 Å². The van der Waals surface area contributed by atoms with Gasteiger partial charge in [0.25, 0.3) is 0 Å². The first-order chi connectivity index (χ1) is 6.33. The molecule has 14 heavy (non-hydrogen) atoms. The van der Waals surface area contributed by atoms with Crippen LogP contribution in [-0.4, -0.2) is 32.0 Å². The maximum Gasteiger partial charge on any atom is 0.411 e. The molecule has 2 nitrogen and oxygen atoms in total. The summed E-state index contributed by atoms with van der Waals surface area (Å²) in [6.07, 6.45) is -4.22. The molecule has 0 radical (unpaired) electrons. The van der Waals surface area contributed by atoms with Gasteiger partial charge in [-0.05, 0) is 12.8 Å². The first kappa shape index (κ1) is 13.7. The standard InChI is InChI=1S/C9H18F3NO/c1-7(2)8(3)13-4-5-14-6-9(10,11)12/h7-8,13H,4-6H2,1-3H3. The second-order valence-electron chi connectivity index (χ2n) is 3.65. The van der Waals surface area contributed by atoms with Crippen molar-refractivity contribution in [2.75, 3.05) is 19.8 Å². The summed E-state index contributed by atoms with van der Waals surface area (Å²) in [5.74, 6) is 0.470. The third kappa shape index (κ3) is 8.31. The van der Waals surface area contributed by atoms with Crippen LogP contribution in [0, 0.1) is 5.92 Å². The molecule has 0 aliphatic rings. The number of alkyl halides is 3. The van der Waals surface area contributed by atoms with Crippen LogP contribution >= 0.6 is 0 Å². The van der Waals surface area contributed by atoms with E-state index in [0.29, 0.717) is 18.5 Å². The summed E-state index contributed by atoms with van der Waals surface area (Å²) >= 11 is 0. The topological polar surface area (TPSA) is 21.3 Å². The molecule has 0 bridgehead atoms. The summed E-state index contributed by atoms with van der Waals surface area (Å²) in [7, 11) is 0. The minimum absolute atomic E-state index is 0.0938. The van der Waals surface area contributed by atoms with Gasteiger partial charge in [-0.3, -0.25) is 0 Å². The molecule has 0 aromatic heterocycles. The fourth-order valence-corrected chi connectivity index (χ4v) is 0.782. The van der Waals surface area contributed by atoms with Crippen molar-refractivity contribution >= 4 is 0 Å². The number of nitrogens with one attached hydrogen (secondary N) is 1. The molecule has 0 heterocycles. The molecule has 1 atom stereocenters. The number of hydrogen-bond donors (Lipinski definition) is 1. The summed E-state index contributed by atoms with van der Waals surface area (Å²) in [6.45, 7) is 5.48. The number of hydrogen-bond acceptors (Lipinski definition) is 2. The van der Waals surface area contributed by atoms with Crippen LogP contribution in [-0.2, 0) is 4.74 Å². The van der Waals surface area contributed by atoms with E-state index < -0.39 is 12.8 Å². The van der Waals surface area contributed by atoms with Gasteiger partial charge >= 0.3 is 6.18 Å². The fraction of sp³-hybridized carbons (Fsp3) is 1.00. The van der Waals surface area contributed by atoms with Crippen LogP contribution in [0.5, 0.6) is 0 Å². The Balaban J connectivity index is 3.30. The third-order valence-corrected chi connectivity index (χ3v) is 1.98. The second kappa shape index (κ2) is 6.24. The van der Waals surface area contributed by atoms with E-state index in [1.165, 1.54) is 0 Å². The lowest BCUT2D eigenvalue weighted by Gasteiger charge is -2.17. The van der Waals surface area contributed by atoms with E-state index in [0.717, 1.165) is 0 Å². The van der Waals surface area contributed by atoms with Crippen molar-refractivity contribution in [2.45, 2.75) is 33.0 Å². The van der Waals surface area contributed by atoms with Crippen LogP contribution in [0.4, 0.5) is 13.2 Å². The Morgan fingerprint density at radius 1 is 1.21 bits per heavy atom. The summed E-state index contributed by atoms with van der Waals surface area (Å²) < 4.78 is 39.3. The first-order valence-corrected chi connectivity index (χ1v) is 4.71. The molecule has 0 rings (SSSR count). The average molecular weight is 213 g/mol. The van der Waals surface area contributed by atoms with Crippen LogP contribution in [0.15, 0.2) is 0 Å². The van der Waals surface area contributed by atoms with Gasteiger partial charge in [0, 0.05) is 12.6 Å². The quantitative estimate of drug-likeness (QED) is 0.683. The third-order valence-electron chi connectivity index (χ3n) is 1.98. The van der Waals surface area contributed by atoms with Gasteiger partial charge in [0.05, 0.1) is 6.61 Å². The molecule has 0 saturated heterocycles. The Kier molecular flexibility index (Phi) is 6.11. The Morgan fingerprint density at radius 2 is 1.79 bits per heavy atom. The van der Waals surface area contributed by atoms with E-state index in [1.807, 2.05) is 20.8 Å². The molecular weight excluding hydrogens is 195 g/mol. The summed E-state index contributed by atoms with van der Waals surface area (Å²) in [4.78, 5) is 0. The van der Waals surface area contributed by atoms with Crippen LogP contribution in [0.2, 0.25) is 0 Å². The number of ether oxygens (including phenoxy) is 1. The Labute approximate surface area is 82.8 Å². The predicted molar refractivity (Wildman–Crippen MR) is 49.2 cm³/mol. The SMILES string of the molecule is CC(C)C(C)NCCOCC(F)(F)F. The highest BCUT2D eigenvalue weighted by molar-refractivity contribution is 4.63. The van der Waals surface area contributed by atoms with Crippen molar-refractivity contribution in [3.05, 3.63) is 0 Å². The molecule has 0 aliphatic carbocycles. The predicted octanol–water partition coefficient (Wildman–Crippen LogP) is 2.20. The van der Waals surface area contributed by atoms with Gasteiger partial charge in [0.15, 0.2) is 0 Å². The van der Waals surface area contributed by atoms with Crippen molar-refractivity contribution in [3.63, 3.8) is 0 Å². The van der Waals surface area contributed by atoms with E-state index >= 15 is 0 Å². The van der Waals surface area contributed by atoms with Crippen LogP contribution in [0.3, 0.4) is 0 Å². The molecule has 0 aromatic rings. The Hall–Kier alpha value is -0.290. The summed E-state index contributed by atoms with van der Waals surface area (Å²) in [5.41, 5.74) is 0. The summed E-state index contributed by atoms with van der Waals surface area (Å²) in [5, 5.41) is 3.08. The van der Waals surface area contributed by atoms with Crippen LogP contribution < -0.4 is 5.32 Å². The van der Waals surface area contributed by atoms with Gasteiger partial charge in [-0.2, -0.15) is 13.2 Å². The van der Waals surface area contributed by atoms with Gasteiger partial charge in [0.2, 0.25) is 0 Å². The van der Waals surface area contributed by atoms with Crippen LogP contribution in [0.1, 0.15) is 20.8 Å². The van der Waals surface area contributed by atoms with Crippen LogP contribution in [0.25, 0.3) is 0 Å². The van der Waals surface area contributed by atoms with Gasteiger partial charge in [-0.25, -0.2) is 0 Å². The minimum atomic E-state index is -4.22. The zero-order valence-electron chi connectivity index (χ0n) is 8.82. The molecule has 1 N–H and O–H groups in total. The second-order valence-corrected chi connectivity index (χ2v) is 3.65. The van der Waals surface area contributed by atoms with Crippen molar-refractivity contribution in [1.82, 2.24) is 5.32 Å². The summed E-state index contributed by atoms with van der Waals surface area (Å²) in [6, 6.07) is 0.296. The molecular formula is C9H18F3NO. The van der Waals surface area contributed by atoms with Crippen molar-refractivity contribution in [1.29, 1.82) is 0 Å². The zero-order valence-corrected chi connectivity index (χ0v) is 8.82. The normalized spacial score (nSPS) is 14.8. The molecule has 0 aliphatic heterocycles. The van der Waals surface area contributed by atoms with E-state index in [9.17, 15) is 13.2 Å². The van der Waals surface area contributed by atoms with Gasteiger partial charge in [-0.1, -0.05) is 13.8 Å². The Morgan fingerprint density at radius 3 is 2.21 bits per heavy atom. The molecule has 0 amide bonds. The first-order valence-electron chi connectivity index (χ1n) is 4.71. The lowest BCUT2D eigenvalue weighted by atomic mass is 10.1. The molecule has 0 aromatic carbocycles. The smallest absolute Gasteiger partial charge is 0.371 e. The minimum Gasteiger partial charge on any atom is -0.371 e. The highest BCUT2D eigenvalue weighted by Crippen LogP contribution is 2.13.